The van der Waals surface area contributed by atoms with Crippen molar-refractivity contribution in [3.63, 3.8) is 0 Å². The molecule has 0 atom stereocenters. The topological polar surface area (TPSA) is 64.4 Å². The molecule has 140 valence electrons. The van der Waals surface area contributed by atoms with Crippen LogP contribution in [0.5, 0.6) is 0 Å². The number of amides is 1. The summed E-state index contributed by atoms with van der Waals surface area (Å²) < 4.78 is 6.85. The molecule has 0 unspecified atom stereocenters. The van der Waals surface area contributed by atoms with Crippen LogP contribution in [0.15, 0.2) is 0 Å². The normalized spacial score (nSPS) is 15.7. The lowest BCUT2D eigenvalue weighted by atomic mass is 9.96. The highest BCUT2D eigenvalue weighted by molar-refractivity contribution is 5.77. The summed E-state index contributed by atoms with van der Waals surface area (Å²) in [6, 6.07) is 0. The molecule has 1 fully saturated rings. The summed E-state index contributed by atoms with van der Waals surface area (Å²) in [7, 11) is 1.42. The molecular formula is C19H31N3O3. The van der Waals surface area contributed by atoms with Crippen LogP contribution in [0.2, 0.25) is 0 Å². The highest BCUT2D eigenvalue weighted by Crippen LogP contribution is 2.21. The second-order valence-corrected chi connectivity index (χ2v) is 7.40. The maximum absolute atomic E-state index is 12.5. The Kier molecular flexibility index (Phi) is 6.62. The van der Waals surface area contributed by atoms with E-state index in [0.29, 0.717) is 38.3 Å². The first-order valence-electron chi connectivity index (χ1n) is 9.22. The lowest BCUT2D eigenvalue weighted by molar-refractivity contribution is -0.148. The molecule has 0 N–H and O–H groups in total. The number of aryl methyl sites for hydroxylation is 1. The average Bonchev–Trinajstić information content (AvgIpc) is 2.85. The lowest BCUT2D eigenvalue weighted by Gasteiger charge is -2.30. The fraction of sp³-hybridized carbons (Fsp3) is 0.737. The van der Waals surface area contributed by atoms with E-state index in [9.17, 15) is 9.59 Å². The van der Waals surface area contributed by atoms with Crippen LogP contribution in [-0.2, 0) is 27.3 Å². The zero-order valence-corrected chi connectivity index (χ0v) is 16.2. The third-order valence-electron chi connectivity index (χ3n) is 5.04. The molecule has 1 aromatic heterocycles. The van der Waals surface area contributed by atoms with Crippen LogP contribution in [-0.4, -0.2) is 46.8 Å². The van der Waals surface area contributed by atoms with Gasteiger partial charge in [-0.3, -0.25) is 14.3 Å². The molecule has 0 saturated carbocycles. The number of hydrogen-bond donors (Lipinski definition) is 0. The number of rotatable bonds is 6. The minimum absolute atomic E-state index is 0.0622. The second-order valence-electron chi connectivity index (χ2n) is 7.40. The predicted octanol–water partition coefficient (Wildman–Crippen LogP) is 2.50. The van der Waals surface area contributed by atoms with Gasteiger partial charge < -0.3 is 9.64 Å². The first-order chi connectivity index (χ1) is 11.8. The molecule has 2 heterocycles. The van der Waals surface area contributed by atoms with Crippen molar-refractivity contribution in [3.8, 4) is 0 Å². The Balaban J connectivity index is 1.89. The van der Waals surface area contributed by atoms with Gasteiger partial charge in [0.1, 0.15) is 0 Å². The van der Waals surface area contributed by atoms with Crippen LogP contribution in [0.25, 0.3) is 0 Å². The van der Waals surface area contributed by atoms with Crippen molar-refractivity contribution >= 4 is 11.9 Å². The number of piperidine rings is 1. The third kappa shape index (κ3) is 4.83. The molecule has 0 aromatic carbocycles. The maximum Gasteiger partial charge on any atom is 0.308 e. The summed E-state index contributed by atoms with van der Waals surface area (Å²) in [6.07, 6.45) is 2.62. The minimum Gasteiger partial charge on any atom is -0.469 e. The van der Waals surface area contributed by atoms with E-state index in [0.717, 1.165) is 18.7 Å². The molecule has 25 heavy (non-hydrogen) atoms. The largest absolute Gasteiger partial charge is 0.469 e. The molecular weight excluding hydrogens is 318 g/mol. The number of hydrogen-bond acceptors (Lipinski definition) is 4. The molecule has 1 aliphatic rings. The molecule has 0 spiro atoms. The van der Waals surface area contributed by atoms with E-state index in [1.807, 2.05) is 11.8 Å². The molecule has 1 aromatic rings. The van der Waals surface area contributed by atoms with E-state index in [1.54, 1.807) is 0 Å². The van der Waals surface area contributed by atoms with Crippen molar-refractivity contribution in [2.24, 2.45) is 11.8 Å². The predicted molar refractivity (Wildman–Crippen MR) is 96.2 cm³/mol. The molecule has 0 bridgehead atoms. The van der Waals surface area contributed by atoms with Crippen molar-refractivity contribution in [1.29, 1.82) is 0 Å². The third-order valence-corrected chi connectivity index (χ3v) is 5.04. The van der Waals surface area contributed by atoms with Crippen molar-refractivity contribution in [2.45, 2.75) is 59.9 Å². The Morgan fingerprint density at radius 2 is 1.88 bits per heavy atom. The fourth-order valence-electron chi connectivity index (χ4n) is 3.54. The van der Waals surface area contributed by atoms with E-state index in [-0.39, 0.29) is 17.8 Å². The van der Waals surface area contributed by atoms with Gasteiger partial charge in [0.25, 0.3) is 0 Å². The molecule has 0 radical (unpaired) electrons. The standard InChI is InChI=1S/C19H31N3O3/c1-13(2)12-22-15(4)17(14(3)20-22)6-7-18(23)21-10-8-16(9-11-21)19(24)25-5/h13,16H,6-12H2,1-5H3. The van der Waals surface area contributed by atoms with Crippen molar-refractivity contribution in [2.75, 3.05) is 20.2 Å². The van der Waals surface area contributed by atoms with Gasteiger partial charge in [0.15, 0.2) is 0 Å². The Morgan fingerprint density at radius 3 is 2.44 bits per heavy atom. The molecule has 0 aliphatic carbocycles. The van der Waals surface area contributed by atoms with Gasteiger partial charge in [-0.05, 0) is 44.6 Å². The van der Waals surface area contributed by atoms with Gasteiger partial charge in [0, 0.05) is 31.7 Å². The number of carbonyl (C=O) groups is 2. The summed E-state index contributed by atoms with van der Waals surface area (Å²) in [5.74, 6) is 0.492. The minimum atomic E-state index is -0.157. The number of aromatic nitrogens is 2. The first kappa shape index (κ1) is 19.5. The van der Waals surface area contributed by atoms with Gasteiger partial charge in [0.2, 0.25) is 5.91 Å². The van der Waals surface area contributed by atoms with Crippen molar-refractivity contribution in [3.05, 3.63) is 17.0 Å². The number of esters is 1. The van der Waals surface area contributed by atoms with Gasteiger partial charge in [0.05, 0.1) is 18.7 Å². The van der Waals surface area contributed by atoms with E-state index in [2.05, 4.69) is 30.6 Å². The average molecular weight is 349 g/mol. The zero-order chi connectivity index (χ0) is 18.6. The molecule has 6 nitrogen and oxygen atoms in total. The molecule has 1 aliphatic heterocycles. The SMILES string of the molecule is COC(=O)C1CCN(C(=O)CCc2c(C)nn(CC(C)C)c2C)CC1. The summed E-state index contributed by atoms with van der Waals surface area (Å²) in [5, 5.41) is 4.62. The van der Waals surface area contributed by atoms with E-state index in [4.69, 9.17) is 4.74 Å². The lowest BCUT2D eigenvalue weighted by Crippen LogP contribution is -2.40. The highest BCUT2D eigenvalue weighted by atomic mass is 16.5. The summed E-state index contributed by atoms with van der Waals surface area (Å²) in [5.41, 5.74) is 3.39. The van der Waals surface area contributed by atoms with Gasteiger partial charge in [-0.15, -0.1) is 0 Å². The fourth-order valence-corrected chi connectivity index (χ4v) is 3.54. The van der Waals surface area contributed by atoms with E-state index >= 15 is 0 Å². The van der Waals surface area contributed by atoms with Gasteiger partial charge in [-0.2, -0.15) is 5.10 Å². The molecule has 1 saturated heterocycles. The number of carbonyl (C=O) groups excluding carboxylic acids is 2. The van der Waals surface area contributed by atoms with Crippen LogP contribution in [0.3, 0.4) is 0 Å². The van der Waals surface area contributed by atoms with Crippen molar-refractivity contribution < 1.29 is 14.3 Å². The second kappa shape index (κ2) is 8.50. The number of nitrogens with zero attached hydrogens (tertiary/aromatic N) is 3. The van der Waals surface area contributed by atoms with Crippen LogP contribution in [0.1, 0.15) is 50.1 Å². The van der Waals surface area contributed by atoms with Gasteiger partial charge in [-0.25, -0.2) is 0 Å². The quantitative estimate of drug-likeness (QED) is 0.740. The van der Waals surface area contributed by atoms with E-state index < -0.39 is 0 Å². The zero-order valence-electron chi connectivity index (χ0n) is 16.2. The van der Waals surface area contributed by atoms with Gasteiger partial charge >= 0.3 is 5.97 Å². The smallest absolute Gasteiger partial charge is 0.308 e. The summed E-state index contributed by atoms with van der Waals surface area (Å²) in [6.45, 7) is 10.7. The van der Waals surface area contributed by atoms with Crippen LogP contribution < -0.4 is 0 Å². The first-order valence-corrected chi connectivity index (χ1v) is 9.22. The van der Waals surface area contributed by atoms with Crippen molar-refractivity contribution in [1.82, 2.24) is 14.7 Å². The Bertz CT molecular complexity index is 614. The van der Waals surface area contributed by atoms with E-state index in [1.165, 1.54) is 18.4 Å². The summed E-state index contributed by atoms with van der Waals surface area (Å²) >= 11 is 0. The monoisotopic (exact) mass is 349 g/mol. The molecule has 6 heteroatoms. The Morgan fingerprint density at radius 1 is 1.24 bits per heavy atom. The Labute approximate surface area is 150 Å². The number of ether oxygens (including phenoxy) is 1. The summed E-state index contributed by atoms with van der Waals surface area (Å²) in [4.78, 5) is 26.0. The Hall–Kier alpha value is -1.85. The highest BCUT2D eigenvalue weighted by Gasteiger charge is 2.27. The van der Waals surface area contributed by atoms with Crippen LogP contribution in [0, 0.1) is 25.7 Å². The van der Waals surface area contributed by atoms with Crippen LogP contribution >= 0.6 is 0 Å². The molecule has 1 amide bonds. The van der Waals surface area contributed by atoms with Crippen LogP contribution in [0.4, 0.5) is 0 Å². The number of methoxy groups -OCH3 is 1. The molecule has 2 rings (SSSR count). The van der Waals surface area contributed by atoms with Gasteiger partial charge in [-0.1, -0.05) is 13.8 Å². The maximum atomic E-state index is 12.5. The number of likely N-dealkylation sites (tertiary alicyclic amines) is 1.